The van der Waals surface area contributed by atoms with Crippen molar-refractivity contribution in [1.29, 1.82) is 0 Å². The maximum Gasteiger partial charge on any atom is 0.287 e. The van der Waals surface area contributed by atoms with Crippen LogP contribution in [0.5, 0.6) is 0 Å². The molecule has 1 amide bonds. The van der Waals surface area contributed by atoms with Crippen LogP contribution in [0.15, 0.2) is 64.6 Å². The molecule has 5 heteroatoms. The molecule has 1 aliphatic heterocycles. The molecule has 3 aromatic rings. The first-order valence-corrected chi connectivity index (χ1v) is 9.45. The van der Waals surface area contributed by atoms with Crippen molar-refractivity contribution in [3.8, 4) is 0 Å². The van der Waals surface area contributed by atoms with Crippen LogP contribution < -0.4 is 10.2 Å². The molecule has 1 unspecified atom stereocenters. The Morgan fingerprint density at radius 3 is 2.80 bits per heavy atom. The van der Waals surface area contributed by atoms with E-state index in [1.165, 1.54) is 27.2 Å². The summed E-state index contributed by atoms with van der Waals surface area (Å²) in [6, 6.07) is 16.6. The van der Waals surface area contributed by atoms with E-state index in [0.29, 0.717) is 12.3 Å². The average Bonchev–Trinajstić information content (AvgIpc) is 3.35. The molecular weight excluding hydrogens is 332 g/mol. The van der Waals surface area contributed by atoms with Crippen LogP contribution in [0.1, 0.15) is 32.6 Å². The zero-order valence-electron chi connectivity index (χ0n) is 13.9. The van der Waals surface area contributed by atoms with Gasteiger partial charge in [0.25, 0.3) is 5.91 Å². The van der Waals surface area contributed by atoms with E-state index in [1.807, 2.05) is 0 Å². The fourth-order valence-corrected chi connectivity index (χ4v) is 4.41. The number of fused-ring (bicyclic) bond motifs is 1. The molecule has 1 aromatic carbocycles. The van der Waals surface area contributed by atoms with E-state index >= 15 is 0 Å². The molecular formula is C20H21N2O2S+. The Morgan fingerprint density at radius 2 is 2.04 bits per heavy atom. The molecule has 0 fully saturated rings. The minimum absolute atomic E-state index is 0.150. The van der Waals surface area contributed by atoms with Gasteiger partial charge in [-0.05, 0) is 29.1 Å². The summed E-state index contributed by atoms with van der Waals surface area (Å²) in [4.78, 5) is 15.1. The second kappa shape index (κ2) is 7.25. The number of hydrogen-bond acceptors (Lipinski definition) is 3. The maximum atomic E-state index is 12.3. The van der Waals surface area contributed by atoms with Gasteiger partial charge in [-0.1, -0.05) is 30.3 Å². The molecule has 4 nitrogen and oxygen atoms in total. The Kier molecular flexibility index (Phi) is 4.68. The summed E-state index contributed by atoms with van der Waals surface area (Å²) in [6.07, 6.45) is 2.61. The van der Waals surface area contributed by atoms with Crippen molar-refractivity contribution >= 4 is 17.2 Å². The summed E-state index contributed by atoms with van der Waals surface area (Å²) >= 11 is 1.76. The lowest BCUT2D eigenvalue weighted by Gasteiger charge is -2.32. The molecule has 0 spiro atoms. The van der Waals surface area contributed by atoms with Gasteiger partial charge in [-0.15, -0.1) is 11.3 Å². The topological polar surface area (TPSA) is 46.7 Å². The number of thiophene rings is 1. The molecule has 128 valence electrons. The molecule has 0 aliphatic carbocycles. The Labute approximate surface area is 151 Å². The fraction of sp³-hybridized carbons (Fsp3) is 0.250. The van der Waals surface area contributed by atoms with Crippen LogP contribution in [-0.4, -0.2) is 19.0 Å². The Morgan fingerprint density at radius 1 is 1.16 bits per heavy atom. The van der Waals surface area contributed by atoms with Gasteiger partial charge in [-0.3, -0.25) is 4.79 Å². The van der Waals surface area contributed by atoms with Gasteiger partial charge < -0.3 is 14.6 Å². The highest BCUT2D eigenvalue weighted by Crippen LogP contribution is 2.19. The molecule has 2 aromatic heterocycles. The van der Waals surface area contributed by atoms with Crippen LogP contribution in [0, 0.1) is 0 Å². The number of amides is 1. The van der Waals surface area contributed by atoms with Gasteiger partial charge >= 0.3 is 0 Å². The van der Waals surface area contributed by atoms with Gasteiger partial charge in [0.15, 0.2) is 5.76 Å². The van der Waals surface area contributed by atoms with E-state index in [4.69, 9.17) is 4.42 Å². The van der Waals surface area contributed by atoms with Crippen molar-refractivity contribution < 1.29 is 14.1 Å². The van der Waals surface area contributed by atoms with Gasteiger partial charge in [0.05, 0.1) is 24.2 Å². The van der Waals surface area contributed by atoms with E-state index < -0.39 is 0 Å². The number of benzene rings is 1. The summed E-state index contributed by atoms with van der Waals surface area (Å²) in [5.74, 6) is 0.215. The normalized spacial score (nSPS) is 17.7. The summed E-state index contributed by atoms with van der Waals surface area (Å²) < 4.78 is 5.19. The zero-order valence-corrected chi connectivity index (χ0v) is 14.7. The second-order valence-electron chi connectivity index (χ2n) is 6.36. The van der Waals surface area contributed by atoms with Crippen molar-refractivity contribution in [3.05, 3.63) is 81.9 Å². The zero-order chi connectivity index (χ0) is 17.1. The molecule has 1 aliphatic rings. The van der Waals surface area contributed by atoms with Gasteiger partial charge in [-0.25, -0.2) is 0 Å². The van der Waals surface area contributed by atoms with E-state index in [0.717, 1.165) is 19.5 Å². The monoisotopic (exact) mass is 353 g/mol. The standard InChI is InChI=1S/C20H20N2O2S/c23-20(18-7-3-11-24-18)21-13-17(19-8-4-12-25-19)22-10-9-15-5-1-2-6-16(15)14-22/h1-8,11-12,17H,9-10,13-14H2,(H,21,23)/p+1/t17-/m0/s1. The summed E-state index contributed by atoms with van der Waals surface area (Å²) in [5, 5.41) is 5.15. The van der Waals surface area contributed by atoms with Gasteiger partial charge in [-0.2, -0.15) is 0 Å². The van der Waals surface area contributed by atoms with Crippen molar-refractivity contribution in [2.75, 3.05) is 13.1 Å². The minimum Gasteiger partial charge on any atom is -0.459 e. The molecule has 4 rings (SSSR count). The van der Waals surface area contributed by atoms with Crippen molar-refractivity contribution in [3.63, 3.8) is 0 Å². The van der Waals surface area contributed by atoms with E-state index in [-0.39, 0.29) is 11.9 Å². The number of rotatable bonds is 5. The van der Waals surface area contributed by atoms with Crippen LogP contribution >= 0.6 is 11.3 Å². The lowest BCUT2D eigenvalue weighted by atomic mass is 9.98. The first-order valence-electron chi connectivity index (χ1n) is 8.58. The highest BCUT2D eigenvalue weighted by molar-refractivity contribution is 7.10. The molecule has 25 heavy (non-hydrogen) atoms. The molecule has 3 heterocycles. The first-order chi connectivity index (χ1) is 12.3. The minimum atomic E-state index is -0.150. The number of quaternary nitrogens is 1. The van der Waals surface area contributed by atoms with E-state index in [2.05, 4.69) is 47.1 Å². The molecule has 0 radical (unpaired) electrons. The molecule has 2 atom stereocenters. The van der Waals surface area contributed by atoms with Crippen LogP contribution in [0.4, 0.5) is 0 Å². The van der Waals surface area contributed by atoms with E-state index in [9.17, 15) is 4.79 Å². The van der Waals surface area contributed by atoms with Gasteiger partial charge in [0.2, 0.25) is 0 Å². The molecule has 0 saturated carbocycles. The van der Waals surface area contributed by atoms with Gasteiger partial charge in [0, 0.05) is 12.0 Å². The fourth-order valence-electron chi connectivity index (χ4n) is 3.52. The predicted octanol–water partition coefficient (Wildman–Crippen LogP) is 2.45. The SMILES string of the molecule is O=C(NC[C@@H](c1cccs1)[NH+]1CCc2ccccc2C1)c1ccco1. The average molecular weight is 353 g/mol. The second-order valence-corrected chi connectivity index (χ2v) is 7.34. The number of furan rings is 1. The largest absolute Gasteiger partial charge is 0.459 e. The summed E-state index contributed by atoms with van der Waals surface area (Å²) in [6.45, 7) is 2.68. The third kappa shape index (κ3) is 3.52. The number of hydrogen-bond donors (Lipinski definition) is 2. The smallest absolute Gasteiger partial charge is 0.287 e. The number of carbonyl (C=O) groups is 1. The highest BCUT2D eigenvalue weighted by atomic mass is 32.1. The van der Waals surface area contributed by atoms with Crippen molar-refractivity contribution in [2.24, 2.45) is 0 Å². The number of carbonyl (C=O) groups excluding carboxylic acids is 1. The van der Waals surface area contributed by atoms with Crippen LogP contribution in [-0.2, 0) is 13.0 Å². The molecule has 2 N–H and O–H groups in total. The Balaban J connectivity index is 1.50. The third-order valence-corrected chi connectivity index (χ3v) is 5.83. The Bertz CT molecular complexity index is 827. The van der Waals surface area contributed by atoms with Crippen LogP contribution in [0.25, 0.3) is 0 Å². The lowest BCUT2D eigenvalue weighted by Crippen LogP contribution is -3.12. The van der Waals surface area contributed by atoms with Gasteiger partial charge in [0.1, 0.15) is 12.6 Å². The van der Waals surface area contributed by atoms with Crippen LogP contribution in [0.3, 0.4) is 0 Å². The van der Waals surface area contributed by atoms with Crippen molar-refractivity contribution in [2.45, 2.75) is 19.0 Å². The maximum absolute atomic E-state index is 12.3. The molecule has 0 bridgehead atoms. The number of nitrogens with one attached hydrogen (secondary N) is 2. The molecule has 0 saturated heterocycles. The summed E-state index contributed by atoms with van der Waals surface area (Å²) in [7, 11) is 0. The lowest BCUT2D eigenvalue weighted by molar-refractivity contribution is -0.945. The highest BCUT2D eigenvalue weighted by Gasteiger charge is 2.29. The van der Waals surface area contributed by atoms with Crippen LogP contribution in [0.2, 0.25) is 0 Å². The third-order valence-electron chi connectivity index (χ3n) is 4.84. The van der Waals surface area contributed by atoms with E-state index in [1.54, 1.807) is 23.5 Å². The summed E-state index contributed by atoms with van der Waals surface area (Å²) in [5.41, 5.74) is 2.87. The first kappa shape index (κ1) is 16.1. The quantitative estimate of drug-likeness (QED) is 0.740. The Hall–Kier alpha value is -2.37. The predicted molar refractivity (Wildman–Crippen MR) is 97.8 cm³/mol. The van der Waals surface area contributed by atoms with Crippen molar-refractivity contribution in [1.82, 2.24) is 5.32 Å².